The topological polar surface area (TPSA) is 30.5 Å². The first-order valence-corrected chi connectivity index (χ1v) is 6.17. The summed E-state index contributed by atoms with van der Waals surface area (Å²) in [5, 5.41) is 3.63. The van der Waals surface area contributed by atoms with Gasteiger partial charge >= 0.3 is 0 Å². The van der Waals surface area contributed by atoms with Crippen molar-refractivity contribution in [2.24, 2.45) is 0 Å². The lowest BCUT2D eigenvalue weighted by atomic mass is 9.93. The van der Waals surface area contributed by atoms with Gasteiger partial charge < -0.3 is 14.8 Å². The molecule has 16 heavy (non-hydrogen) atoms. The number of hydrogen-bond donors (Lipinski definition) is 1. The largest absolute Gasteiger partial charge is 0.380 e. The highest BCUT2D eigenvalue weighted by Crippen LogP contribution is 2.37. The Balaban J connectivity index is 2.61. The molecule has 0 amide bonds. The van der Waals surface area contributed by atoms with Crippen molar-refractivity contribution in [1.29, 1.82) is 0 Å². The van der Waals surface area contributed by atoms with Gasteiger partial charge in [-0.15, -0.1) is 0 Å². The third-order valence-corrected chi connectivity index (χ3v) is 3.61. The molecule has 0 saturated carbocycles. The second-order valence-electron chi connectivity index (χ2n) is 6.12. The molecule has 3 heteroatoms. The molecule has 1 saturated heterocycles. The van der Waals surface area contributed by atoms with Crippen molar-refractivity contribution in [3.8, 4) is 0 Å². The minimum absolute atomic E-state index is 0.0306. The van der Waals surface area contributed by atoms with Gasteiger partial charge in [0.2, 0.25) is 0 Å². The van der Waals surface area contributed by atoms with E-state index in [0.717, 1.165) is 6.42 Å². The lowest BCUT2D eigenvalue weighted by Crippen LogP contribution is -2.50. The molecule has 1 aliphatic heterocycles. The highest BCUT2D eigenvalue weighted by atomic mass is 16.5. The standard InChI is InChI=1S/C13H27NO2/c1-9(10(2)15-7)14-11-8-12(3,4)16-13(11,5)6/h9-11,14H,8H2,1-7H3. The summed E-state index contributed by atoms with van der Waals surface area (Å²) in [6.45, 7) is 12.9. The molecule has 0 aromatic carbocycles. The van der Waals surface area contributed by atoms with Gasteiger partial charge in [-0.3, -0.25) is 0 Å². The van der Waals surface area contributed by atoms with Crippen molar-refractivity contribution >= 4 is 0 Å². The number of nitrogens with one attached hydrogen (secondary N) is 1. The number of ether oxygens (including phenoxy) is 2. The second-order valence-corrected chi connectivity index (χ2v) is 6.12. The van der Waals surface area contributed by atoms with E-state index in [2.05, 4.69) is 46.9 Å². The van der Waals surface area contributed by atoms with Crippen LogP contribution in [-0.2, 0) is 9.47 Å². The molecule has 1 fully saturated rings. The Morgan fingerprint density at radius 2 is 1.81 bits per heavy atom. The molecule has 1 heterocycles. The van der Waals surface area contributed by atoms with Gasteiger partial charge in [0.15, 0.2) is 0 Å². The van der Waals surface area contributed by atoms with Crippen LogP contribution < -0.4 is 5.32 Å². The van der Waals surface area contributed by atoms with Crippen LogP contribution in [-0.4, -0.2) is 36.5 Å². The van der Waals surface area contributed by atoms with Crippen LogP contribution >= 0.6 is 0 Å². The predicted molar refractivity (Wildman–Crippen MR) is 66.7 cm³/mol. The second kappa shape index (κ2) is 4.63. The molecule has 0 spiro atoms. The van der Waals surface area contributed by atoms with E-state index in [4.69, 9.17) is 9.47 Å². The lowest BCUT2D eigenvalue weighted by Gasteiger charge is -2.31. The molecule has 96 valence electrons. The van der Waals surface area contributed by atoms with E-state index in [9.17, 15) is 0 Å². The Morgan fingerprint density at radius 3 is 2.19 bits per heavy atom. The fourth-order valence-corrected chi connectivity index (χ4v) is 2.48. The summed E-state index contributed by atoms with van der Waals surface area (Å²) in [5.74, 6) is 0. The van der Waals surface area contributed by atoms with Crippen LogP contribution in [0.4, 0.5) is 0 Å². The van der Waals surface area contributed by atoms with Crippen molar-refractivity contribution in [3.05, 3.63) is 0 Å². The van der Waals surface area contributed by atoms with Crippen LogP contribution in [0.5, 0.6) is 0 Å². The van der Waals surface area contributed by atoms with E-state index < -0.39 is 0 Å². The van der Waals surface area contributed by atoms with E-state index in [1.165, 1.54) is 0 Å². The molecule has 0 radical (unpaired) electrons. The first-order chi connectivity index (χ1) is 7.18. The molecule has 0 aromatic heterocycles. The van der Waals surface area contributed by atoms with Crippen LogP contribution in [0.3, 0.4) is 0 Å². The maximum atomic E-state index is 6.06. The van der Waals surface area contributed by atoms with Gasteiger partial charge in [-0.05, 0) is 48.0 Å². The van der Waals surface area contributed by atoms with E-state index >= 15 is 0 Å². The zero-order chi connectivity index (χ0) is 12.6. The summed E-state index contributed by atoms with van der Waals surface area (Å²) in [6, 6.07) is 0.724. The monoisotopic (exact) mass is 229 g/mol. The maximum absolute atomic E-state index is 6.06. The molecule has 3 atom stereocenters. The molecule has 3 nitrogen and oxygen atoms in total. The zero-order valence-corrected chi connectivity index (χ0v) is 11.8. The molecular weight excluding hydrogens is 202 g/mol. The molecule has 3 unspecified atom stereocenters. The van der Waals surface area contributed by atoms with Crippen molar-refractivity contribution in [2.45, 2.75) is 77.4 Å². The van der Waals surface area contributed by atoms with E-state index in [1.54, 1.807) is 7.11 Å². The minimum atomic E-state index is -0.106. The zero-order valence-electron chi connectivity index (χ0n) is 11.8. The fourth-order valence-electron chi connectivity index (χ4n) is 2.48. The highest BCUT2D eigenvalue weighted by Gasteiger charge is 2.46. The van der Waals surface area contributed by atoms with Gasteiger partial charge in [-0.2, -0.15) is 0 Å². The number of rotatable bonds is 4. The van der Waals surface area contributed by atoms with E-state index in [-0.39, 0.29) is 17.3 Å². The Bertz CT molecular complexity index is 238. The van der Waals surface area contributed by atoms with Crippen LogP contribution in [0.1, 0.15) is 48.0 Å². The quantitative estimate of drug-likeness (QED) is 0.802. The van der Waals surface area contributed by atoms with Gasteiger partial charge in [0.1, 0.15) is 0 Å². The number of hydrogen-bond acceptors (Lipinski definition) is 3. The third kappa shape index (κ3) is 3.19. The van der Waals surface area contributed by atoms with Crippen molar-refractivity contribution < 1.29 is 9.47 Å². The summed E-state index contributed by atoms with van der Waals surface area (Å²) in [6.07, 6.45) is 1.26. The number of methoxy groups -OCH3 is 1. The van der Waals surface area contributed by atoms with E-state index in [0.29, 0.717) is 12.1 Å². The fraction of sp³-hybridized carbons (Fsp3) is 1.00. The van der Waals surface area contributed by atoms with Crippen LogP contribution in [0.25, 0.3) is 0 Å². The third-order valence-electron chi connectivity index (χ3n) is 3.61. The lowest BCUT2D eigenvalue weighted by molar-refractivity contribution is -0.0713. The van der Waals surface area contributed by atoms with Gasteiger partial charge in [0.25, 0.3) is 0 Å². The Hall–Kier alpha value is -0.120. The highest BCUT2D eigenvalue weighted by molar-refractivity contribution is 5.00. The molecule has 1 rings (SSSR count). The van der Waals surface area contributed by atoms with Gasteiger partial charge in [0.05, 0.1) is 17.3 Å². The summed E-state index contributed by atoms with van der Waals surface area (Å²) in [5.41, 5.74) is -0.136. The van der Waals surface area contributed by atoms with Crippen LogP contribution in [0, 0.1) is 0 Å². The minimum Gasteiger partial charge on any atom is -0.380 e. The van der Waals surface area contributed by atoms with Crippen molar-refractivity contribution in [1.82, 2.24) is 5.32 Å². The average Bonchev–Trinajstić information content (AvgIpc) is 2.32. The maximum Gasteiger partial charge on any atom is 0.0787 e. The first-order valence-electron chi connectivity index (χ1n) is 6.17. The normalized spacial score (nSPS) is 31.3. The Labute approximate surface area is 99.9 Å². The van der Waals surface area contributed by atoms with E-state index in [1.807, 2.05) is 0 Å². The van der Waals surface area contributed by atoms with Gasteiger partial charge in [0, 0.05) is 19.2 Å². The Kier molecular flexibility index (Phi) is 4.04. The molecule has 0 aliphatic carbocycles. The summed E-state index contributed by atoms with van der Waals surface area (Å²) in [7, 11) is 1.75. The van der Waals surface area contributed by atoms with Gasteiger partial charge in [-0.1, -0.05) is 0 Å². The van der Waals surface area contributed by atoms with Crippen molar-refractivity contribution in [2.75, 3.05) is 7.11 Å². The van der Waals surface area contributed by atoms with Crippen LogP contribution in [0.15, 0.2) is 0 Å². The van der Waals surface area contributed by atoms with Crippen molar-refractivity contribution in [3.63, 3.8) is 0 Å². The van der Waals surface area contributed by atoms with Gasteiger partial charge in [-0.25, -0.2) is 0 Å². The summed E-state index contributed by atoms with van der Waals surface area (Å²) in [4.78, 5) is 0. The average molecular weight is 229 g/mol. The molecular formula is C13H27NO2. The molecule has 0 aromatic rings. The Morgan fingerprint density at radius 1 is 1.25 bits per heavy atom. The molecule has 1 aliphatic rings. The summed E-state index contributed by atoms with van der Waals surface area (Å²) >= 11 is 0. The predicted octanol–water partition coefficient (Wildman–Crippen LogP) is 2.35. The first kappa shape index (κ1) is 13.9. The molecule has 1 N–H and O–H groups in total. The summed E-state index contributed by atoms with van der Waals surface area (Å²) < 4.78 is 11.4. The molecule has 0 bridgehead atoms. The smallest absolute Gasteiger partial charge is 0.0787 e. The SMILES string of the molecule is COC(C)C(C)NC1CC(C)(C)OC1(C)C. The van der Waals surface area contributed by atoms with Crippen LogP contribution in [0.2, 0.25) is 0 Å².